The number of carbonyl (C=O) groups is 1. The van der Waals surface area contributed by atoms with Crippen LogP contribution in [-0.4, -0.2) is 38.2 Å². The first-order valence-electron chi connectivity index (χ1n) is 9.03. The Morgan fingerprint density at radius 1 is 1.33 bits per heavy atom. The highest BCUT2D eigenvalue weighted by Gasteiger charge is 2.34. The third-order valence-electron chi connectivity index (χ3n) is 5.31. The van der Waals surface area contributed by atoms with Gasteiger partial charge in [-0.2, -0.15) is 0 Å². The molecular formula is C21H22FNO4. The quantitative estimate of drug-likeness (QED) is 0.807. The van der Waals surface area contributed by atoms with Crippen LogP contribution in [0.3, 0.4) is 0 Å². The molecule has 2 heterocycles. The van der Waals surface area contributed by atoms with Gasteiger partial charge in [0.15, 0.2) is 11.5 Å². The first kappa shape index (κ1) is 17.8. The van der Waals surface area contributed by atoms with E-state index in [-0.39, 0.29) is 37.3 Å². The normalized spacial score (nSPS) is 18.3. The number of methoxy groups -OCH3 is 1. The van der Waals surface area contributed by atoms with Crippen molar-refractivity contribution in [2.75, 3.05) is 27.5 Å². The second-order valence-corrected chi connectivity index (χ2v) is 6.97. The average molecular weight is 371 g/mol. The topological polar surface area (TPSA) is 48.0 Å². The molecule has 2 aromatic rings. The predicted octanol–water partition coefficient (Wildman–Crippen LogP) is 3.29. The largest absolute Gasteiger partial charge is 0.492 e. The van der Waals surface area contributed by atoms with E-state index in [1.807, 2.05) is 13.1 Å². The highest BCUT2D eigenvalue weighted by Crippen LogP contribution is 2.50. The number of Topliss-reactive ketones (excluding diaryl/α,β-unsaturated/α-hetero) is 1. The fourth-order valence-electron chi connectivity index (χ4n) is 3.93. The van der Waals surface area contributed by atoms with Crippen molar-refractivity contribution in [3.63, 3.8) is 0 Å². The number of halogens is 1. The van der Waals surface area contributed by atoms with Crippen LogP contribution >= 0.6 is 0 Å². The van der Waals surface area contributed by atoms with Crippen LogP contribution in [0.1, 0.15) is 29.2 Å². The second kappa shape index (κ2) is 7.19. The van der Waals surface area contributed by atoms with Crippen LogP contribution in [0.2, 0.25) is 0 Å². The minimum atomic E-state index is -0.343. The van der Waals surface area contributed by atoms with Crippen LogP contribution in [0.5, 0.6) is 17.2 Å². The number of fused-ring (bicyclic) bond motifs is 2. The molecule has 0 spiro atoms. The van der Waals surface area contributed by atoms with Crippen molar-refractivity contribution in [1.29, 1.82) is 0 Å². The molecule has 0 amide bonds. The summed E-state index contributed by atoms with van der Waals surface area (Å²) in [4.78, 5) is 14.9. The van der Waals surface area contributed by atoms with Crippen molar-refractivity contribution >= 4 is 5.78 Å². The number of rotatable bonds is 5. The molecule has 6 heteroatoms. The van der Waals surface area contributed by atoms with Crippen molar-refractivity contribution in [1.82, 2.24) is 4.90 Å². The van der Waals surface area contributed by atoms with Gasteiger partial charge in [-0.15, -0.1) is 0 Å². The van der Waals surface area contributed by atoms with Crippen molar-refractivity contribution in [2.24, 2.45) is 0 Å². The summed E-state index contributed by atoms with van der Waals surface area (Å²) in [6.07, 6.45) is 1.21. The molecule has 4 rings (SSSR count). The average Bonchev–Trinajstić information content (AvgIpc) is 3.12. The molecule has 0 radical (unpaired) electrons. The Hall–Kier alpha value is -2.60. The highest BCUT2D eigenvalue weighted by molar-refractivity contribution is 5.82. The number of nitrogens with zero attached hydrogens (tertiary/aromatic N) is 1. The zero-order valence-electron chi connectivity index (χ0n) is 15.5. The molecule has 2 aliphatic heterocycles. The van der Waals surface area contributed by atoms with Crippen LogP contribution in [0.4, 0.5) is 4.39 Å². The van der Waals surface area contributed by atoms with E-state index in [0.717, 1.165) is 24.1 Å². The van der Waals surface area contributed by atoms with Crippen LogP contribution in [-0.2, 0) is 17.6 Å². The maximum Gasteiger partial charge on any atom is 0.231 e. The summed E-state index contributed by atoms with van der Waals surface area (Å²) in [5.41, 5.74) is 2.51. The molecule has 5 nitrogen and oxygen atoms in total. The van der Waals surface area contributed by atoms with E-state index in [9.17, 15) is 9.18 Å². The molecular weight excluding hydrogens is 349 g/mol. The van der Waals surface area contributed by atoms with E-state index >= 15 is 0 Å². The first-order chi connectivity index (χ1) is 13.1. The third kappa shape index (κ3) is 3.25. The number of carbonyl (C=O) groups excluding carboxylic acids is 1. The molecule has 0 N–H and O–H groups in total. The summed E-state index contributed by atoms with van der Waals surface area (Å²) in [5, 5.41) is 0. The fourth-order valence-corrected chi connectivity index (χ4v) is 3.93. The summed E-state index contributed by atoms with van der Waals surface area (Å²) in [7, 11) is 3.60. The summed E-state index contributed by atoms with van der Waals surface area (Å²) < 4.78 is 30.7. The molecule has 1 atom stereocenters. The standard InChI is InChI=1S/C21H22FNO4/c1-23-8-7-14-10-18-20(27-12-26-18)21(25-2)19(14)17(23)11-15(24)9-13-5-3-4-6-16(13)22/h3-6,10,17H,7-9,11-12H2,1-2H3. The Labute approximate surface area is 157 Å². The summed E-state index contributed by atoms with van der Waals surface area (Å²) in [6.45, 7) is 0.995. The number of hydrogen-bond donors (Lipinski definition) is 0. The number of likely N-dealkylation sites (N-methyl/N-ethyl adjacent to an activating group) is 1. The van der Waals surface area contributed by atoms with Crippen LogP contribution in [0.15, 0.2) is 30.3 Å². The molecule has 0 bridgehead atoms. The molecule has 0 saturated carbocycles. The Morgan fingerprint density at radius 3 is 2.93 bits per heavy atom. The maximum atomic E-state index is 13.9. The van der Waals surface area contributed by atoms with Gasteiger partial charge in [-0.3, -0.25) is 9.69 Å². The van der Waals surface area contributed by atoms with E-state index in [4.69, 9.17) is 14.2 Å². The van der Waals surface area contributed by atoms with Gasteiger partial charge in [0, 0.05) is 31.0 Å². The van der Waals surface area contributed by atoms with Crippen LogP contribution < -0.4 is 14.2 Å². The van der Waals surface area contributed by atoms with Crippen molar-refractivity contribution in [2.45, 2.75) is 25.3 Å². The number of ketones is 1. The molecule has 27 heavy (non-hydrogen) atoms. The lowest BCUT2D eigenvalue weighted by atomic mass is 9.87. The minimum Gasteiger partial charge on any atom is -0.492 e. The smallest absolute Gasteiger partial charge is 0.231 e. The van der Waals surface area contributed by atoms with Gasteiger partial charge in [0.1, 0.15) is 11.6 Å². The zero-order chi connectivity index (χ0) is 19.0. The Bertz CT molecular complexity index is 883. The van der Waals surface area contributed by atoms with E-state index in [1.54, 1.807) is 25.3 Å². The molecule has 0 aliphatic carbocycles. The maximum absolute atomic E-state index is 13.9. The van der Waals surface area contributed by atoms with Crippen molar-refractivity contribution in [3.05, 3.63) is 52.8 Å². The van der Waals surface area contributed by atoms with Crippen molar-refractivity contribution in [3.8, 4) is 17.2 Å². The van der Waals surface area contributed by atoms with Gasteiger partial charge in [0.25, 0.3) is 0 Å². The summed E-state index contributed by atoms with van der Waals surface area (Å²) in [6, 6.07) is 8.26. The molecule has 142 valence electrons. The predicted molar refractivity (Wildman–Crippen MR) is 97.9 cm³/mol. The van der Waals surface area contributed by atoms with Crippen LogP contribution in [0.25, 0.3) is 0 Å². The monoisotopic (exact) mass is 371 g/mol. The molecule has 2 aromatic carbocycles. The van der Waals surface area contributed by atoms with Gasteiger partial charge in [0.2, 0.25) is 12.5 Å². The molecule has 0 aromatic heterocycles. The number of ether oxygens (including phenoxy) is 3. The Balaban J connectivity index is 1.64. The van der Waals surface area contributed by atoms with Crippen LogP contribution in [0, 0.1) is 5.82 Å². The lowest BCUT2D eigenvalue weighted by molar-refractivity contribution is -0.119. The molecule has 1 unspecified atom stereocenters. The van der Waals surface area contributed by atoms with E-state index < -0.39 is 0 Å². The van der Waals surface area contributed by atoms with Gasteiger partial charge in [-0.1, -0.05) is 18.2 Å². The summed E-state index contributed by atoms with van der Waals surface area (Å²) in [5.74, 6) is 1.56. The van der Waals surface area contributed by atoms with Gasteiger partial charge in [-0.05, 0) is 36.7 Å². The van der Waals surface area contributed by atoms with Gasteiger partial charge >= 0.3 is 0 Å². The van der Waals surface area contributed by atoms with Gasteiger partial charge < -0.3 is 14.2 Å². The number of benzene rings is 2. The highest BCUT2D eigenvalue weighted by atomic mass is 19.1. The zero-order valence-corrected chi connectivity index (χ0v) is 15.5. The van der Waals surface area contributed by atoms with Gasteiger partial charge in [-0.25, -0.2) is 4.39 Å². The second-order valence-electron chi connectivity index (χ2n) is 6.97. The third-order valence-corrected chi connectivity index (χ3v) is 5.31. The fraction of sp³-hybridized carbons (Fsp3) is 0.381. The lowest BCUT2D eigenvalue weighted by Gasteiger charge is -2.35. The van der Waals surface area contributed by atoms with E-state index in [0.29, 0.717) is 22.8 Å². The molecule has 2 aliphatic rings. The number of hydrogen-bond acceptors (Lipinski definition) is 5. The Kier molecular flexibility index (Phi) is 4.74. The van der Waals surface area contributed by atoms with E-state index in [1.165, 1.54) is 6.07 Å². The molecule has 0 fully saturated rings. The summed E-state index contributed by atoms with van der Waals surface area (Å²) >= 11 is 0. The minimum absolute atomic E-state index is 0.00970. The Morgan fingerprint density at radius 2 is 2.15 bits per heavy atom. The van der Waals surface area contributed by atoms with Crippen molar-refractivity contribution < 1.29 is 23.4 Å². The van der Waals surface area contributed by atoms with E-state index in [2.05, 4.69) is 4.90 Å². The van der Waals surface area contributed by atoms with Gasteiger partial charge in [0.05, 0.1) is 7.11 Å². The molecule has 0 saturated heterocycles. The SMILES string of the molecule is COc1c2c(cc3c1C(CC(=O)Cc1ccccc1F)N(C)CC3)OCO2. The lowest BCUT2D eigenvalue weighted by Crippen LogP contribution is -2.34. The first-order valence-corrected chi connectivity index (χ1v) is 9.03.